The lowest BCUT2D eigenvalue weighted by atomic mass is 9.94. The second-order valence-electron chi connectivity index (χ2n) is 11.8. The van der Waals surface area contributed by atoms with Crippen LogP contribution in [0.1, 0.15) is 76.3 Å². The van der Waals surface area contributed by atoms with Gasteiger partial charge in [-0.15, -0.1) is 4.91 Å². The van der Waals surface area contributed by atoms with Crippen LogP contribution < -0.4 is 0 Å². The van der Waals surface area contributed by atoms with Gasteiger partial charge < -0.3 is 14.2 Å². The molecule has 3 aromatic rings. The van der Waals surface area contributed by atoms with Crippen molar-refractivity contribution in [2.45, 2.75) is 72.8 Å². The fourth-order valence-corrected chi connectivity index (χ4v) is 6.53. The average molecular weight is 598 g/mol. The van der Waals surface area contributed by atoms with E-state index in [4.69, 9.17) is 19.2 Å². The van der Waals surface area contributed by atoms with Crippen LogP contribution in [0, 0.1) is 18.8 Å². The number of carbonyl (C=O) groups excluding carboxylic acids is 1. The topological polar surface area (TPSA) is 108 Å². The van der Waals surface area contributed by atoms with Crippen LogP contribution in [0.2, 0.25) is 0 Å². The molecule has 0 N–H and O–H groups in total. The van der Waals surface area contributed by atoms with Gasteiger partial charge in [0.1, 0.15) is 12.4 Å². The van der Waals surface area contributed by atoms with Gasteiger partial charge in [-0.3, -0.25) is 9.69 Å². The summed E-state index contributed by atoms with van der Waals surface area (Å²) in [6.07, 6.45) is 6.01. The maximum atomic E-state index is 12.0. The van der Waals surface area contributed by atoms with E-state index < -0.39 is 5.91 Å². The quantitative estimate of drug-likeness (QED) is 0.287. The van der Waals surface area contributed by atoms with Gasteiger partial charge in [0.2, 0.25) is 0 Å². The molecule has 6 rings (SSSR count). The number of rotatable bonds is 9. The first-order valence-corrected chi connectivity index (χ1v) is 15.4. The Hall–Kier alpha value is -3.99. The van der Waals surface area contributed by atoms with E-state index in [1.54, 1.807) is 4.68 Å². The Kier molecular flexibility index (Phi) is 8.83. The van der Waals surface area contributed by atoms with Gasteiger partial charge in [0, 0.05) is 30.4 Å². The molecule has 4 heterocycles. The third-order valence-corrected chi connectivity index (χ3v) is 8.89. The summed E-state index contributed by atoms with van der Waals surface area (Å²) in [6.45, 7) is 13.6. The Morgan fingerprint density at radius 1 is 1.16 bits per heavy atom. The Morgan fingerprint density at radius 2 is 2.00 bits per heavy atom. The minimum absolute atomic E-state index is 0.125. The van der Waals surface area contributed by atoms with Gasteiger partial charge in [0.15, 0.2) is 5.82 Å². The number of amides is 1. The molecule has 10 nitrogen and oxygen atoms in total. The lowest BCUT2D eigenvalue weighted by molar-refractivity contribution is -0.0980. The zero-order chi connectivity index (χ0) is 30.8. The smallest absolute Gasteiger partial charge is 0.320 e. The largest absolute Gasteiger partial charge is 0.488 e. The number of ether oxygens (including phenoxy) is 3. The maximum Gasteiger partial charge on any atom is 0.320 e. The summed E-state index contributed by atoms with van der Waals surface area (Å²) in [5, 5.41) is 6.94. The number of hydrogen-bond donors (Lipinski definition) is 0. The molecule has 0 saturated carbocycles. The van der Waals surface area contributed by atoms with Crippen molar-refractivity contribution < 1.29 is 19.0 Å². The van der Waals surface area contributed by atoms with Crippen molar-refractivity contribution in [3.8, 4) is 5.82 Å². The molecule has 44 heavy (non-hydrogen) atoms. The van der Waals surface area contributed by atoms with Gasteiger partial charge in [-0.2, -0.15) is 5.10 Å². The molecule has 2 aromatic heterocycles. The summed E-state index contributed by atoms with van der Waals surface area (Å²) in [4.78, 5) is 30.3. The van der Waals surface area contributed by atoms with Crippen LogP contribution in [0.15, 0.2) is 53.0 Å². The maximum absolute atomic E-state index is 12.0. The van der Waals surface area contributed by atoms with Gasteiger partial charge >= 0.3 is 5.91 Å². The van der Waals surface area contributed by atoms with Gasteiger partial charge in [-0.1, -0.05) is 25.1 Å². The SMILES string of the molecule is CCc1c(C(=O)N=O)cnn1-c1cccc(C2=CCCC(C)=C2OCc2cc(C)c3c(c2C)CN(CC2COCCO2)C3)n1. The van der Waals surface area contributed by atoms with E-state index >= 15 is 0 Å². The van der Waals surface area contributed by atoms with Gasteiger partial charge in [0.05, 0.1) is 49.1 Å². The van der Waals surface area contributed by atoms with E-state index in [1.165, 1.54) is 39.6 Å². The third-order valence-electron chi connectivity index (χ3n) is 8.89. The van der Waals surface area contributed by atoms with Crippen molar-refractivity contribution in [1.29, 1.82) is 0 Å². The molecule has 0 spiro atoms. The molecular weight excluding hydrogens is 558 g/mol. The Labute approximate surface area is 257 Å². The molecule has 10 heteroatoms. The van der Waals surface area contributed by atoms with Crippen molar-refractivity contribution >= 4 is 11.5 Å². The minimum atomic E-state index is -0.828. The molecular formula is C34H39N5O5. The first-order chi connectivity index (χ1) is 21.4. The summed E-state index contributed by atoms with van der Waals surface area (Å²) < 4.78 is 19.8. The summed E-state index contributed by atoms with van der Waals surface area (Å²) in [5.74, 6) is 0.588. The van der Waals surface area contributed by atoms with Crippen LogP contribution in [0.25, 0.3) is 11.4 Å². The highest BCUT2D eigenvalue weighted by Crippen LogP contribution is 2.36. The van der Waals surface area contributed by atoms with E-state index in [0.29, 0.717) is 44.4 Å². The zero-order valence-electron chi connectivity index (χ0n) is 25.9. The van der Waals surface area contributed by atoms with Crippen molar-refractivity contribution in [1.82, 2.24) is 19.7 Å². The molecule has 1 fully saturated rings. The number of carbonyl (C=O) groups is 1. The molecule has 1 unspecified atom stereocenters. The predicted molar refractivity (Wildman–Crippen MR) is 166 cm³/mol. The van der Waals surface area contributed by atoms with Crippen molar-refractivity contribution in [3.05, 3.63) is 97.5 Å². The molecule has 0 bridgehead atoms. The molecule has 0 radical (unpaired) electrons. The number of nitroso groups, excluding NO2 is 1. The second kappa shape index (κ2) is 12.9. The number of hydrogen-bond acceptors (Lipinski definition) is 8. The number of aryl methyl sites for hydroxylation is 1. The molecule has 1 saturated heterocycles. The van der Waals surface area contributed by atoms with E-state index in [-0.39, 0.29) is 11.7 Å². The molecule has 1 amide bonds. The molecule has 1 atom stereocenters. The van der Waals surface area contributed by atoms with Crippen molar-refractivity contribution in [2.75, 3.05) is 26.4 Å². The fourth-order valence-electron chi connectivity index (χ4n) is 6.53. The summed E-state index contributed by atoms with van der Waals surface area (Å²) in [6, 6.07) is 8.00. The average Bonchev–Trinajstić information content (AvgIpc) is 3.68. The van der Waals surface area contributed by atoms with Crippen LogP contribution in [-0.2, 0) is 40.3 Å². The number of aromatic nitrogens is 3. The molecule has 230 valence electrons. The van der Waals surface area contributed by atoms with E-state index in [9.17, 15) is 9.70 Å². The normalized spacial score (nSPS) is 18.7. The molecule has 2 aliphatic heterocycles. The number of nitrogens with zero attached hydrogens (tertiary/aromatic N) is 5. The third kappa shape index (κ3) is 5.89. The Balaban J connectivity index is 1.22. The highest BCUT2D eigenvalue weighted by atomic mass is 16.6. The number of benzene rings is 1. The van der Waals surface area contributed by atoms with Crippen LogP contribution in [-0.4, -0.2) is 58.0 Å². The number of allylic oxidation sites excluding steroid dienone is 3. The van der Waals surface area contributed by atoms with Crippen molar-refractivity contribution in [2.24, 2.45) is 5.18 Å². The van der Waals surface area contributed by atoms with Gasteiger partial charge in [-0.25, -0.2) is 9.67 Å². The molecule has 1 aromatic carbocycles. The van der Waals surface area contributed by atoms with Crippen molar-refractivity contribution in [3.63, 3.8) is 0 Å². The predicted octanol–water partition coefficient (Wildman–Crippen LogP) is 5.75. The number of fused-ring (bicyclic) bond motifs is 1. The van der Waals surface area contributed by atoms with E-state index in [0.717, 1.165) is 49.5 Å². The summed E-state index contributed by atoms with van der Waals surface area (Å²) >= 11 is 0. The summed E-state index contributed by atoms with van der Waals surface area (Å²) in [5.41, 5.74) is 10.3. The van der Waals surface area contributed by atoms with Crippen LogP contribution in [0.3, 0.4) is 0 Å². The molecule has 3 aliphatic rings. The second-order valence-corrected chi connectivity index (χ2v) is 11.8. The Bertz CT molecular complexity index is 1650. The highest BCUT2D eigenvalue weighted by molar-refractivity contribution is 5.95. The van der Waals surface area contributed by atoms with Crippen LogP contribution >= 0.6 is 0 Å². The lowest BCUT2D eigenvalue weighted by Gasteiger charge is -2.27. The summed E-state index contributed by atoms with van der Waals surface area (Å²) in [7, 11) is 0. The zero-order valence-corrected chi connectivity index (χ0v) is 25.9. The van der Waals surface area contributed by atoms with Gasteiger partial charge in [0.25, 0.3) is 0 Å². The molecule has 1 aliphatic carbocycles. The van der Waals surface area contributed by atoms with Crippen LogP contribution in [0.5, 0.6) is 0 Å². The minimum Gasteiger partial charge on any atom is -0.488 e. The first-order valence-electron chi connectivity index (χ1n) is 15.4. The monoisotopic (exact) mass is 597 g/mol. The first kappa shape index (κ1) is 30.1. The Morgan fingerprint density at radius 3 is 2.77 bits per heavy atom. The lowest BCUT2D eigenvalue weighted by Crippen LogP contribution is -2.37. The highest BCUT2D eigenvalue weighted by Gasteiger charge is 2.28. The van der Waals surface area contributed by atoms with E-state index in [1.807, 2.05) is 25.1 Å². The van der Waals surface area contributed by atoms with Crippen LogP contribution in [0.4, 0.5) is 0 Å². The van der Waals surface area contributed by atoms with Gasteiger partial charge in [-0.05, 0) is 85.6 Å². The fraction of sp³-hybridized carbons (Fsp3) is 0.441. The number of pyridine rings is 1. The standard InChI is InChI=1S/C34H39N5O5/c1-5-31-27(34(40)37-41)15-35-39(31)32-11-7-10-30(36-32)26-9-6-8-21(2)33(26)44-19-24-14-22(3)28-17-38(18-29(28)23(24)4)16-25-20-42-12-13-43-25/h7,9-11,14-15,25H,5-6,8,12-13,16-20H2,1-4H3. The van der Waals surface area contributed by atoms with E-state index in [2.05, 4.69) is 48.1 Å².